The minimum atomic E-state index is 0.269. The molecule has 0 heterocycles. The van der Waals surface area contributed by atoms with Crippen molar-refractivity contribution in [1.82, 2.24) is 0 Å². The molecule has 20 heavy (non-hydrogen) atoms. The molecule has 0 spiro atoms. The van der Waals surface area contributed by atoms with Gasteiger partial charge in [0.25, 0.3) is 0 Å². The van der Waals surface area contributed by atoms with Gasteiger partial charge in [-0.25, -0.2) is 0 Å². The molecule has 3 heteroatoms. The third-order valence-corrected chi connectivity index (χ3v) is 2.99. The second-order valence-electron chi connectivity index (χ2n) is 4.26. The molecular formula is C17H15N2O. The topological polar surface area (TPSA) is 45.4 Å². The molecule has 2 aromatic carbocycles. The minimum absolute atomic E-state index is 0.269. The molecule has 0 saturated heterocycles. The van der Waals surface area contributed by atoms with Crippen LogP contribution in [0.5, 0.6) is 0 Å². The van der Waals surface area contributed by atoms with Gasteiger partial charge in [0.05, 0.1) is 11.6 Å². The number of hydrogen-bond acceptors (Lipinski definition) is 3. The second-order valence-corrected chi connectivity index (χ2v) is 4.26. The van der Waals surface area contributed by atoms with Crippen LogP contribution in [0.25, 0.3) is 0 Å². The van der Waals surface area contributed by atoms with Crippen molar-refractivity contribution in [2.75, 3.05) is 0 Å². The van der Waals surface area contributed by atoms with Crippen LogP contribution in [0.3, 0.4) is 0 Å². The first-order valence-electron chi connectivity index (χ1n) is 6.49. The zero-order valence-corrected chi connectivity index (χ0v) is 11.3. The van der Waals surface area contributed by atoms with Gasteiger partial charge >= 0.3 is 0 Å². The van der Waals surface area contributed by atoms with E-state index in [1.54, 1.807) is 6.07 Å². The van der Waals surface area contributed by atoms with Crippen LogP contribution in [0.4, 0.5) is 0 Å². The monoisotopic (exact) mass is 263 g/mol. The maximum Gasteiger partial charge on any atom is 0.143 e. The van der Waals surface area contributed by atoms with Gasteiger partial charge < -0.3 is 4.84 Å². The SMILES string of the molecule is CCc1ccccc1/[C]=N\OCc1ccccc1C#N. The highest BCUT2D eigenvalue weighted by Gasteiger charge is 2.01. The molecule has 0 unspecified atom stereocenters. The first-order chi connectivity index (χ1) is 9.85. The van der Waals surface area contributed by atoms with Crippen molar-refractivity contribution in [3.8, 4) is 6.07 Å². The van der Waals surface area contributed by atoms with Crippen LogP contribution in [0.1, 0.15) is 29.2 Å². The summed E-state index contributed by atoms with van der Waals surface area (Å²) < 4.78 is 0. The van der Waals surface area contributed by atoms with Crippen molar-refractivity contribution in [3.63, 3.8) is 0 Å². The highest BCUT2D eigenvalue weighted by Crippen LogP contribution is 2.10. The Labute approximate surface area is 119 Å². The summed E-state index contributed by atoms with van der Waals surface area (Å²) in [4.78, 5) is 5.23. The van der Waals surface area contributed by atoms with Gasteiger partial charge in [0, 0.05) is 11.1 Å². The summed E-state index contributed by atoms with van der Waals surface area (Å²) in [6.07, 6.45) is 3.82. The van der Waals surface area contributed by atoms with E-state index in [1.165, 1.54) is 5.56 Å². The highest BCUT2D eigenvalue weighted by molar-refractivity contribution is 5.81. The molecule has 0 aromatic heterocycles. The molecule has 3 nitrogen and oxygen atoms in total. The third-order valence-electron chi connectivity index (χ3n) is 2.99. The first-order valence-corrected chi connectivity index (χ1v) is 6.49. The van der Waals surface area contributed by atoms with E-state index in [2.05, 4.69) is 24.4 Å². The van der Waals surface area contributed by atoms with E-state index in [9.17, 15) is 0 Å². The van der Waals surface area contributed by atoms with Crippen LogP contribution in [0, 0.1) is 11.3 Å². The largest absolute Gasteiger partial charge is 0.390 e. The predicted molar refractivity (Wildman–Crippen MR) is 78.3 cm³/mol. The third kappa shape index (κ3) is 3.46. The van der Waals surface area contributed by atoms with Crippen molar-refractivity contribution in [2.45, 2.75) is 20.0 Å². The molecule has 0 aliphatic heterocycles. The Hall–Kier alpha value is -2.60. The van der Waals surface area contributed by atoms with E-state index in [0.29, 0.717) is 5.56 Å². The molecule has 0 amide bonds. The van der Waals surface area contributed by atoms with Gasteiger partial charge in [-0.05, 0) is 18.1 Å². The van der Waals surface area contributed by atoms with Gasteiger partial charge in [-0.2, -0.15) is 5.26 Å². The molecule has 0 atom stereocenters. The van der Waals surface area contributed by atoms with Gasteiger partial charge in [0.15, 0.2) is 0 Å². The number of rotatable bonds is 5. The molecule has 2 rings (SSSR count). The molecule has 0 aliphatic rings. The standard InChI is InChI=1S/C17H15N2O/c1-2-14-7-3-5-9-16(14)12-19-20-13-17-10-6-4-8-15(17)11-18/h3-10H,2,13H2,1H3. The van der Waals surface area contributed by atoms with Gasteiger partial charge in [0.1, 0.15) is 12.8 Å². The first kappa shape index (κ1) is 13.8. The quantitative estimate of drug-likeness (QED) is 0.611. The lowest BCUT2D eigenvalue weighted by Gasteiger charge is -2.02. The smallest absolute Gasteiger partial charge is 0.143 e. The van der Waals surface area contributed by atoms with Crippen LogP contribution < -0.4 is 0 Å². The van der Waals surface area contributed by atoms with Gasteiger partial charge in [-0.15, -0.1) is 0 Å². The van der Waals surface area contributed by atoms with E-state index < -0.39 is 0 Å². The molecular weight excluding hydrogens is 248 g/mol. The van der Waals surface area contributed by atoms with Crippen LogP contribution >= 0.6 is 0 Å². The molecule has 0 N–H and O–H groups in total. The summed E-state index contributed by atoms with van der Waals surface area (Å²) >= 11 is 0. The molecule has 0 saturated carbocycles. The summed E-state index contributed by atoms with van der Waals surface area (Å²) in [6, 6.07) is 17.4. The van der Waals surface area contributed by atoms with E-state index in [4.69, 9.17) is 10.1 Å². The Morgan fingerprint density at radius 1 is 1.00 bits per heavy atom. The molecule has 2 aromatic rings. The average Bonchev–Trinajstić information content (AvgIpc) is 2.52. The van der Waals surface area contributed by atoms with Crippen molar-refractivity contribution in [1.29, 1.82) is 5.26 Å². The van der Waals surface area contributed by atoms with Crippen LogP contribution in [0.15, 0.2) is 53.7 Å². The zero-order valence-electron chi connectivity index (χ0n) is 11.3. The van der Waals surface area contributed by atoms with Crippen LogP contribution in [0.2, 0.25) is 0 Å². The fourth-order valence-corrected chi connectivity index (χ4v) is 1.88. The van der Waals surface area contributed by atoms with Crippen molar-refractivity contribution in [2.24, 2.45) is 5.16 Å². The van der Waals surface area contributed by atoms with Gasteiger partial charge in [0.2, 0.25) is 0 Å². The predicted octanol–water partition coefficient (Wildman–Crippen LogP) is 3.55. The van der Waals surface area contributed by atoms with E-state index in [0.717, 1.165) is 17.5 Å². The number of nitrogens with zero attached hydrogens (tertiary/aromatic N) is 2. The van der Waals surface area contributed by atoms with E-state index >= 15 is 0 Å². The summed E-state index contributed by atoms with van der Waals surface area (Å²) in [7, 11) is 0. The fraction of sp³-hybridized carbons (Fsp3) is 0.176. The Bertz CT molecular complexity index is 641. The molecule has 0 fully saturated rings. The summed E-state index contributed by atoms with van der Waals surface area (Å²) in [5.41, 5.74) is 3.54. The van der Waals surface area contributed by atoms with Crippen molar-refractivity contribution < 1.29 is 4.84 Å². The average molecular weight is 263 g/mol. The summed E-state index contributed by atoms with van der Waals surface area (Å²) in [5, 5.41) is 12.8. The Kier molecular flexibility index (Phi) is 4.91. The number of nitriles is 1. The normalized spacial score (nSPS) is 10.4. The van der Waals surface area contributed by atoms with Crippen LogP contribution in [-0.2, 0) is 17.9 Å². The Morgan fingerprint density at radius 2 is 1.65 bits per heavy atom. The lowest BCUT2D eigenvalue weighted by atomic mass is 10.1. The lowest BCUT2D eigenvalue weighted by Crippen LogP contribution is -1.94. The number of benzene rings is 2. The van der Waals surface area contributed by atoms with Crippen molar-refractivity contribution >= 4 is 6.21 Å². The Morgan fingerprint density at radius 3 is 2.35 bits per heavy atom. The molecule has 0 bridgehead atoms. The molecule has 1 radical (unpaired) electrons. The zero-order chi connectivity index (χ0) is 14.2. The lowest BCUT2D eigenvalue weighted by molar-refractivity contribution is 0.132. The number of aryl methyl sites for hydroxylation is 1. The van der Waals surface area contributed by atoms with Crippen molar-refractivity contribution in [3.05, 3.63) is 70.8 Å². The van der Waals surface area contributed by atoms with E-state index in [1.807, 2.05) is 42.5 Å². The maximum absolute atomic E-state index is 8.97. The highest BCUT2D eigenvalue weighted by atomic mass is 16.6. The number of hydrogen-bond donors (Lipinski definition) is 0. The summed E-state index contributed by atoms with van der Waals surface area (Å²) in [5.74, 6) is 0. The Balaban J connectivity index is 1.99. The summed E-state index contributed by atoms with van der Waals surface area (Å²) in [6.45, 7) is 2.36. The maximum atomic E-state index is 8.97. The second kappa shape index (κ2) is 7.10. The van der Waals surface area contributed by atoms with E-state index in [-0.39, 0.29) is 6.61 Å². The molecule has 0 aliphatic carbocycles. The molecule has 99 valence electrons. The van der Waals surface area contributed by atoms with Gasteiger partial charge in [-0.3, -0.25) is 0 Å². The fourth-order valence-electron chi connectivity index (χ4n) is 1.88. The van der Waals surface area contributed by atoms with Crippen LogP contribution in [-0.4, -0.2) is 6.21 Å². The van der Waals surface area contributed by atoms with Gasteiger partial charge in [-0.1, -0.05) is 54.5 Å². The minimum Gasteiger partial charge on any atom is -0.390 e.